The van der Waals surface area contributed by atoms with Gasteiger partial charge in [0.2, 0.25) is 5.91 Å². The number of nitrogens with zero attached hydrogens (tertiary/aromatic N) is 1. The molecule has 14 heavy (non-hydrogen) atoms. The highest BCUT2D eigenvalue weighted by Gasteiger charge is 2.42. The predicted octanol–water partition coefficient (Wildman–Crippen LogP) is -0.878. The van der Waals surface area contributed by atoms with Gasteiger partial charge < -0.3 is 15.0 Å². The fourth-order valence-corrected chi connectivity index (χ4v) is 2.24. The molecule has 0 saturated carbocycles. The molecule has 2 aliphatic rings. The lowest BCUT2D eigenvalue weighted by molar-refractivity contribution is -0.146. The van der Waals surface area contributed by atoms with Gasteiger partial charge in [-0.05, 0) is 6.42 Å². The van der Waals surface area contributed by atoms with Crippen molar-refractivity contribution >= 4 is 11.9 Å². The summed E-state index contributed by atoms with van der Waals surface area (Å²) in [6.45, 7) is 1.37. The third kappa shape index (κ3) is 1.37. The maximum absolute atomic E-state index is 11.4. The minimum absolute atomic E-state index is 0.00343. The van der Waals surface area contributed by atoms with E-state index in [1.165, 1.54) is 7.11 Å². The highest BCUT2D eigenvalue weighted by atomic mass is 16.5. The van der Waals surface area contributed by atoms with Crippen LogP contribution >= 0.6 is 0 Å². The van der Waals surface area contributed by atoms with Crippen LogP contribution in [0.3, 0.4) is 0 Å². The minimum Gasteiger partial charge on any atom is -0.468 e. The van der Waals surface area contributed by atoms with Gasteiger partial charge in [-0.3, -0.25) is 9.59 Å². The number of methoxy groups -OCH3 is 1. The number of fused-ring (bicyclic) bond motifs is 1. The summed E-state index contributed by atoms with van der Waals surface area (Å²) in [4.78, 5) is 24.6. The third-order valence-electron chi connectivity index (χ3n) is 2.93. The standard InChI is InChI=1S/C9H14N2O3/c1-14-9(13)8-6-2-3-7(12)11(6)5-4-10-8/h6,8,10H,2-5H2,1H3/t6-,8+/m1/s1. The summed E-state index contributed by atoms with van der Waals surface area (Å²) in [5, 5.41) is 3.09. The molecule has 78 valence electrons. The maximum Gasteiger partial charge on any atom is 0.325 e. The van der Waals surface area contributed by atoms with E-state index >= 15 is 0 Å². The zero-order chi connectivity index (χ0) is 10.1. The average Bonchev–Trinajstić information content (AvgIpc) is 2.59. The molecule has 5 nitrogen and oxygen atoms in total. The Balaban J connectivity index is 2.12. The van der Waals surface area contributed by atoms with Crippen molar-refractivity contribution < 1.29 is 14.3 Å². The Bertz CT molecular complexity index is 267. The predicted molar refractivity (Wildman–Crippen MR) is 48.5 cm³/mol. The Hall–Kier alpha value is -1.10. The molecule has 2 saturated heterocycles. The van der Waals surface area contributed by atoms with E-state index in [0.717, 1.165) is 6.42 Å². The largest absolute Gasteiger partial charge is 0.468 e. The number of hydrogen-bond donors (Lipinski definition) is 1. The van der Waals surface area contributed by atoms with E-state index in [1.807, 2.05) is 0 Å². The smallest absolute Gasteiger partial charge is 0.325 e. The molecule has 2 rings (SSSR count). The van der Waals surface area contributed by atoms with Crippen LogP contribution in [0, 0.1) is 0 Å². The molecule has 0 unspecified atom stereocenters. The van der Waals surface area contributed by atoms with Gasteiger partial charge in [0.15, 0.2) is 0 Å². The van der Waals surface area contributed by atoms with Gasteiger partial charge in [-0.2, -0.15) is 0 Å². The van der Waals surface area contributed by atoms with Gasteiger partial charge in [0.1, 0.15) is 6.04 Å². The van der Waals surface area contributed by atoms with E-state index in [0.29, 0.717) is 19.5 Å². The molecule has 0 radical (unpaired) electrons. The van der Waals surface area contributed by atoms with Crippen LogP contribution in [0.1, 0.15) is 12.8 Å². The third-order valence-corrected chi connectivity index (χ3v) is 2.93. The van der Waals surface area contributed by atoms with Gasteiger partial charge in [-0.15, -0.1) is 0 Å². The normalized spacial score (nSPS) is 31.5. The maximum atomic E-state index is 11.4. The number of amides is 1. The topological polar surface area (TPSA) is 58.6 Å². The summed E-state index contributed by atoms with van der Waals surface area (Å²) in [6, 6.07) is -0.330. The van der Waals surface area contributed by atoms with Gasteiger partial charge >= 0.3 is 5.97 Å². The van der Waals surface area contributed by atoms with Crippen LogP contribution in [-0.4, -0.2) is 49.1 Å². The van der Waals surface area contributed by atoms with E-state index in [1.54, 1.807) is 4.90 Å². The molecular formula is C9H14N2O3. The molecule has 5 heteroatoms. The van der Waals surface area contributed by atoms with E-state index < -0.39 is 0 Å². The second-order valence-electron chi connectivity index (χ2n) is 3.65. The lowest BCUT2D eigenvalue weighted by atomic mass is 10.0. The van der Waals surface area contributed by atoms with Crippen LogP contribution in [0.25, 0.3) is 0 Å². The molecule has 0 aromatic heterocycles. The number of carbonyl (C=O) groups is 2. The molecule has 1 N–H and O–H groups in total. The summed E-state index contributed by atoms with van der Waals surface area (Å²) >= 11 is 0. The van der Waals surface area contributed by atoms with Crippen molar-refractivity contribution in [1.29, 1.82) is 0 Å². The zero-order valence-corrected chi connectivity index (χ0v) is 8.16. The zero-order valence-electron chi connectivity index (χ0n) is 8.16. The Labute approximate surface area is 82.4 Å². The van der Waals surface area contributed by atoms with Crippen molar-refractivity contribution in [3.63, 3.8) is 0 Å². The van der Waals surface area contributed by atoms with Gasteiger partial charge in [0.25, 0.3) is 0 Å². The number of hydrogen-bond acceptors (Lipinski definition) is 4. The Kier molecular flexibility index (Phi) is 2.41. The second kappa shape index (κ2) is 3.57. The van der Waals surface area contributed by atoms with Crippen molar-refractivity contribution in [2.45, 2.75) is 24.9 Å². The number of nitrogens with one attached hydrogen (secondary N) is 1. The first-order valence-electron chi connectivity index (χ1n) is 4.84. The monoisotopic (exact) mass is 198 g/mol. The van der Waals surface area contributed by atoms with Gasteiger partial charge in [0, 0.05) is 19.5 Å². The molecule has 0 spiro atoms. The van der Waals surface area contributed by atoms with Crippen LogP contribution in [0.2, 0.25) is 0 Å². The lowest BCUT2D eigenvalue weighted by Crippen LogP contribution is -2.59. The van der Waals surface area contributed by atoms with Crippen LogP contribution in [0.4, 0.5) is 0 Å². The fourth-order valence-electron chi connectivity index (χ4n) is 2.24. The van der Waals surface area contributed by atoms with Crippen LogP contribution in [-0.2, 0) is 14.3 Å². The quantitative estimate of drug-likeness (QED) is 0.556. The molecule has 0 bridgehead atoms. The van der Waals surface area contributed by atoms with Gasteiger partial charge in [0.05, 0.1) is 13.2 Å². The highest BCUT2D eigenvalue weighted by molar-refractivity contribution is 5.83. The number of piperazine rings is 1. The molecule has 0 aromatic carbocycles. The Morgan fingerprint density at radius 1 is 1.64 bits per heavy atom. The first kappa shape index (κ1) is 9.45. The summed E-state index contributed by atoms with van der Waals surface area (Å²) in [5.41, 5.74) is 0. The molecule has 2 fully saturated rings. The lowest BCUT2D eigenvalue weighted by Gasteiger charge is -2.35. The number of esters is 1. The molecule has 2 atom stereocenters. The Morgan fingerprint density at radius 3 is 3.14 bits per heavy atom. The van der Waals surface area contributed by atoms with E-state index in [4.69, 9.17) is 4.74 Å². The van der Waals surface area contributed by atoms with Gasteiger partial charge in [-0.25, -0.2) is 0 Å². The molecule has 0 aromatic rings. The number of carbonyl (C=O) groups excluding carboxylic acids is 2. The number of rotatable bonds is 1. The van der Waals surface area contributed by atoms with Crippen molar-refractivity contribution in [3.8, 4) is 0 Å². The van der Waals surface area contributed by atoms with E-state index in [-0.39, 0.29) is 24.0 Å². The van der Waals surface area contributed by atoms with Crippen LogP contribution in [0.5, 0.6) is 0 Å². The molecule has 1 amide bonds. The summed E-state index contributed by atoms with van der Waals surface area (Å²) < 4.78 is 4.69. The van der Waals surface area contributed by atoms with E-state index in [9.17, 15) is 9.59 Å². The first-order valence-corrected chi connectivity index (χ1v) is 4.84. The van der Waals surface area contributed by atoms with E-state index in [2.05, 4.69) is 5.32 Å². The fraction of sp³-hybridized carbons (Fsp3) is 0.778. The molecule has 0 aliphatic carbocycles. The minimum atomic E-state index is -0.333. The summed E-state index contributed by atoms with van der Waals surface area (Å²) in [6.07, 6.45) is 1.31. The van der Waals surface area contributed by atoms with Crippen LogP contribution < -0.4 is 5.32 Å². The number of ether oxygens (including phenoxy) is 1. The van der Waals surface area contributed by atoms with Crippen molar-refractivity contribution in [1.82, 2.24) is 10.2 Å². The van der Waals surface area contributed by atoms with Crippen molar-refractivity contribution in [2.24, 2.45) is 0 Å². The highest BCUT2D eigenvalue weighted by Crippen LogP contribution is 2.23. The van der Waals surface area contributed by atoms with Gasteiger partial charge in [-0.1, -0.05) is 0 Å². The van der Waals surface area contributed by atoms with Crippen molar-refractivity contribution in [2.75, 3.05) is 20.2 Å². The average molecular weight is 198 g/mol. The molecular weight excluding hydrogens is 184 g/mol. The molecule has 2 aliphatic heterocycles. The summed E-state index contributed by atoms with van der Waals surface area (Å²) in [5.74, 6) is -0.111. The SMILES string of the molecule is COC(=O)[C@H]1NCCN2C(=O)CC[C@H]12. The first-order chi connectivity index (χ1) is 6.74. The van der Waals surface area contributed by atoms with Crippen molar-refractivity contribution in [3.05, 3.63) is 0 Å². The Morgan fingerprint density at radius 2 is 2.43 bits per heavy atom. The second-order valence-corrected chi connectivity index (χ2v) is 3.65. The van der Waals surface area contributed by atoms with Crippen LogP contribution in [0.15, 0.2) is 0 Å². The molecule has 2 heterocycles. The summed E-state index contributed by atoms with van der Waals surface area (Å²) in [7, 11) is 1.37.